The number of hydrogen-bond acceptors (Lipinski definition) is 6. The quantitative estimate of drug-likeness (QED) is 0.845. The molecule has 6 nitrogen and oxygen atoms in total. The van der Waals surface area contributed by atoms with Gasteiger partial charge >= 0.3 is 0 Å². The van der Waals surface area contributed by atoms with Crippen molar-refractivity contribution in [3.63, 3.8) is 0 Å². The van der Waals surface area contributed by atoms with E-state index in [1.54, 1.807) is 18.5 Å². The Labute approximate surface area is 147 Å². The van der Waals surface area contributed by atoms with Gasteiger partial charge in [-0.1, -0.05) is 11.6 Å². The monoisotopic (exact) mass is 359 g/mol. The molecule has 0 N–H and O–H groups in total. The van der Waals surface area contributed by atoms with Crippen molar-refractivity contribution < 1.29 is 0 Å². The summed E-state index contributed by atoms with van der Waals surface area (Å²) in [6, 6.07) is 5.12. The highest BCUT2D eigenvalue weighted by molar-refractivity contribution is 7.14. The predicted octanol–water partition coefficient (Wildman–Crippen LogP) is 2.60. The molecule has 0 radical (unpaired) electrons. The van der Waals surface area contributed by atoms with Crippen molar-refractivity contribution in [1.82, 2.24) is 19.7 Å². The van der Waals surface area contributed by atoms with Crippen LogP contribution < -0.4 is 5.56 Å². The van der Waals surface area contributed by atoms with Crippen LogP contribution in [-0.4, -0.2) is 39.2 Å². The molecule has 0 saturated carbocycles. The van der Waals surface area contributed by atoms with Gasteiger partial charge in [0.15, 0.2) is 0 Å². The molecule has 2 aliphatic heterocycles. The van der Waals surface area contributed by atoms with Gasteiger partial charge in [-0.25, -0.2) is 9.69 Å². The highest BCUT2D eigenvalue weighted by atomic mass is 35.5. The Morgan fingerprint density at radius 3 is 3.04 bits per heavy atom. The summed E-state index contributed by atoms with van der Waals surface area (Å²) in [5.41, 5.74) is 1.63. The molecule has 2 aromatic heterocycles. The lowest BCUT2D eigenvalue weighted by Crippen LogP contribution is -2.35. The van der Waals surface area contributed by atoms with E-state index in [4.69, 9.17) is 11.6 Å². The van der Waals surface area contributed by atoms with Crippen LogP contribution in [0.3, 0.4) is 0 Å². The highest BCUT2D eigenvalue weighted by Crippen LogP contribution is 2.27. The minimum absolute atomic E-state index is 0.0555. The minimum atomic E-state index is -0.130. The Morgan fingerprint density at radius 2 is 2.25 bits per heavy atom. The highest BCUT2D eigenvalue weighted by Gasteiger charge is 2.24. The summed E-state index contributed by atoms with van der Waals surface area (Å²) in [5, 5.41) is 13.1. The summed E-state index contributed by atoms with van der Waals surface area (Å²) in [5.74, 6) is 0. The van der Waals surface area contributed by atoms with E-state index < -0.39 is 0 Å². The van der Waals surface area contributed by atoms with Gasteiger partial charge in [0.1, 0.15) is 18.2 Å². The molecule has 4 rings (SSSR count). The largest absolute Gasteiger partial charge is 0.339 e. The zero-order valence-electron chi connectivity index (χ0n) is 12.8. The van der Waals surface area contributed by atoms with Gasteiger partial charge < -0.3 is 4.90 Å². The second kappa shape index (κ2) is 5.92. The number of thiophene rings is 1. The van der Waals surface area contributed by atoms with Crippen molar-refractivity contribution >= 4 is 29.3 Å². The maximum atomic E-state index is 12.2. The third-order valence-corrected chi connectivity index (χ3v) is 5.18. The topological polar surface area (TPSA) is 53.7 Å². The Kier molecular flexibility index (Phi) is 3.74. The summed E-state index contributed by atoms with van der Waals surface area (Å²) >= 11 is 7.48. The summed E-state index contributed by atoms with van der Waals surface area (Å²) in [7, 11) is 1.97. The molecule has 0 saturated heterocycles. The molecule has 0 fully saturated rings. The molecule has 0 bridgehead atoms. The average Bonchev–Trinajstić information content (AvgIpc) is 3.16. The smallest absolute Gasteiger partial charge is 0.267 e. The van der Waals surface area contributed by atoms with E-state index in [2.05, 4.69) is 16.3 Å². The minimum Gasteiger partial charge on any atom is -0.339 e. The molecule has 8 heteroatoms. The van der Waals surface area contributed by atoms with Crippen molar-refractivity contribution in [1.29, 1.82) is 0 Å². The Balaban J connectivity index is 1.62. The Bertz CT molecular complexity index is 929. The van der Waals surface area contributed by atoms with Gasteiger partial charge in [-0.15, -0.1) is 11.3 Å². The van der Waals surface area contributed by atoms with E-state index >= 15 is 0 Å². The van der Waals surface area contributed by atoms with Crippen molar-refractivity contribution in [3.8, 4) is 10.6 Å². The molecule has 4 heterocycles. The molecule has 122 valence electrons. The van der Waals surface area contributed by atoms with Crippen LogP contribution >= 0.6 is 22.9 Å². The molecule has 0 amide bonds. The zero-order valence-corrected chi connectivity index (χ0v) is 14.4. The van der Waals surface area contributed by atoms with Gasteiger partial charge in [-0.3, -0.25) is 4.79 Å². The molecule has 1 unspecified atom stereocenters. The fourth-order valence-electron chi connectivity index (χ4n) is 2.62. The van der Waals surface area contributed by atoms with Crippen LogP contribution in [0.2, 0.25) is 5.02 Å². The molecule has 2 aliphatic rings. The number of halogens is 1. The van der Waals surface area contributed by atoms with Gasteiger partial charge in [-0.2, -0.15) is 10.2 Å². The normalized spacial score (nSPS) is 18.9. The third-order valence-electron chi connectivity index (χ3n) is 3.88. The van der Waals surface area contributed by atoms with Gasteiger partial charge in [0.25, 0.3) is 5.56 Å². The predicted molar refractivity (Wildman–Crippen MR) is 95.9 cm³/mol. The second-order valence-electron chi connectivity index (χ2n) is 5.59. The summed E-state index contributed by atoms with van der Waals surface area (Å²) in [6.07, 6.45) is 7.78. The van der Waals surface area contributed by atoms with Crippen LogP contribution in [0.5, 0.6) is 0 Å². The number of nitrogens with zero attached hydrogens (tertiary/aromatic N) is 5. The first-order valence-corrected chi connectivity index (χ1v) is 8.62. The molecule has 0 aromatic carbocycles. The van der Waals surface area contributed by atoms with Crippen molar-refractivity contribution in [2.45, 2.75) is 12.7 Å². The lowest BCUT2D eigenvalue weighted by molar-refractivity contribution is 0.251. The number of fused-ring (bicyclic) bond motifs is 1. The summed E-state index contributed by atoms with van der Waals surface area (Å²) in [4.78, 5) is 15.1. The first kappa shape index (κ1) is 15.2. The first-order valence-electron chi connectivity index (χ1n) is 7.36. The number of allylic oxidation sites excluding steroid dienone is 2. The maximum Gasteiger partial charge on any atom is 0.267 e. The molecular formula is C16H14ClN5OS. The van der Waals surface area contributed by atoms with Crippen LogP contribution in [0.25, 0.3) is 10.6 Å². The van der Waals surface area contributed by atoms with Crippen molar-refractivity contribution in [2.24, 2.45) is 5.10 Å². The summed E-state index contributed by atoms with van der Waals surface area (Å²) in [6.45, 7) is 0.417. The Hall–Kier alpha value is -2.38. The first-order chi connectivity index (χ1) is 11.6. The van der Waals surface area contributed by atoms with Crippen LogP contribution in [0.4, 0.5) is 0 Å². The average molecular weight is 360 g/mol. The van der Waals surface area contributed by atoms with E-state index in [1.807, 2.05) is 40.7 Å². The molecule has 24 heavy (non-hydrogen) atoms. The number of aromatic nitrogens is 2. The van der Waals surface area contributed by atoms with Gasteiger partial charge in [0, 0.05) is 24.7 Å². The van der Waals surface area contributed by atoms with Crippen LogP contribution in [0.1, 0.15) is 0 Å². The van der Waals surface area contributed by atoms with E-state index in [9.17, 15) is 4.79 Å². The lowest BCUT2D eigenvalue weighted by atomic mass is 10.1. The van der Waals surface area contributed by atoms with Crippen molar-refractivity contribution in [3.05, 3.63) is 62.9 Å². The number of hydrazone groups is 1. The van der Waals surface area contributed by atoms with Crippen LogP contribution in [0.15, 0.2) is 57.4 Å². The van der Waals surface area contributed by atoms with Gasteiger partial charge in [0.2, 0.25) is 0 Å². The Morgan fingerprint density at radius 1 is 1.38 bits per heavy atom. The molecule has 0 aliphatic carbocycles. The van der Waals surface area contributed by atoms with Crippen LogP contribution in [0, 0.1) is 0 Å². The molecular weight excluding hydrogens is 346 g/mol. The molecule has 1 atom stereocenters. The van der Waals surface area contributed by atoms with Crippen LogP contribution in [-0.2, 0) is 6.54 Å². The molecule has 2 aromatic rings. The number of hydrogen-bond donors (Lipinski definition) is 0. The van der Waals surface area contributed by atoms with Crippen molar-refractivity contribution in [2.75, 3.05) is 7.05 Å². The number of rotatable bonds is 3. The molecule has 0 spiro atoms. The standard InChI is InChI=1S/C16H14ClN5OS/c1-20-10-18-21-5-4-11(6-15(20)21)8-22-16(23)3-2-13(19-22)14-7-12(17)9-24-14/h2-7,9-10,15H,8H2,1H3. The fourth-order valence-corrected chi connectivity index (χ4v) is 3.66. The SMILES string of the molecule is CN1C=NN2C=CC(Cn3nc(-c4cc(Cl)cs4)ccc3=O)=CC12. The van der Waals surface area contributed by atoms with Gasteiger partial charge in [-0.05, 0) is 29.9 Å². The summed E-state index contributed by atoms with van der Waals surface area (Å²) < 4.78 is 1.48. The van der Waals surface area contributed by atoms with E-state index in [0.29, 0.717) is 11.6 Å². The fraction of sp³-hybridized carbons (Fsp3) is 0.188. The zero-order chi connectivity index (χ0) is 16.7. The number of likely N-dealkylation sites (N-methyl/N-ethyl adjacent to an activating group) is 1. The third kappa shape index (κ3) is 2.76. The van der Waals surface area contributed by atoms with Gasteiger partial charge in [0.05, 0.1) is 16.4 Å². The second-order valence-corrected chi connectivity index (χ2v) is 6.94. The maximum absolute atomic E-state index is 12.2. The lowest BCUT2D eigenvalue weighted by Gasteiger charge is -2.26. The van der Waals surface area contributed by atoms with E-state index in [1.165, 1.54) is 16.0 Å². The van der Waals surface area contributed by atoms with E-state index in [-0.39, 0.29) is 11.7 Å². The van der Waals surface area contributed by atoms with E-state index in [0.717, 1.165) is 16.1 Å².